The molecule has 0 aromatic heterocycles. The first kappa shape index (κ1) is 14.1. The van der Waals surface area contributed by atoms with E-state index in [4.69, 9.17) is 17.0 Å². The molecule has 1 saturated heterocycles. The Balaban J connectivity index is 2.04. The second-order valence-electron chi connectivity index (χ2n) is 5.30. The molecule has 2 rings (SSSR count). The number of likely N-dealkylation sites (tertiary alicyclic amines) is 1. The zero-order chi connectivity index (χ0) is 13.8. The van der Waals surface area contributed by atoms with E-state index in [2.05, 4.69) is 30.1 Å². The lowest BCUT2D eigenvalue weighted by Crippen LogP contribution is -2.40. The quantitative estimate of drug-likeness (QED) is 0.838. The molecular formula is C15H22N2OS. The molecule has 1 fully saturated rings. The lowest BCUT2D eigenvalue weighted by atomic mass is 10.00. The van der Waals surface area contributed by atoms with Gasteiger partial charge >= 0.3 is 0 Å². The first-order valence-corrected chi connectivity index (χ1v) is 7.21. The minimum absolute atomic E-state index is 0.802. The molecule has 0 amide bonds. The summed E-state index contributed by atoms with van der Waals surface area (Å²) in [5.74, 6) is 1.64. The van der Waals surface area contributed by atoms with Crippen molar-refractivity contribution in [2.24, 2.45) is 5.92 Å². The van der Waals surface area contributed by atoms with Crippen LogP contribution in [-0.4, -0.2) is 30.2 Å². The highest BCUT2D eigenvalue weighted by atomic mass is 32.1. The van der Waals surface area contributed by atoms with E-state index in [1.807, 2.05) is 12.1 Å². The predicted molar refractivity (Wildman–Crippen MR) is 83.9 cm³/mol. The summed E-state index contributed by atoms with van der Waals surface area (Å²) in [6, 6.07) is 6.08. The van der Waals surface area contributed by atoms with Gasteiger partial charge in [0, 0.05) is 13.1 Å². The summed E-state index contributed by atoms with van der Waals surface area (Å²) in [5.41, 5.74) is 2.14. The summed E-state index contributed by atoms with van der Waals surface area (Å²) in [7, 11) is 1.68. The molecule has 4 heteroatoms. The Hall–Kier alpha value is -1.29. The Morgan fingerprint density at radius 2 is 2.05 bits per heavy atom. The summed E-state index contributed by atoms with van der Waals surface area (Å²) in [6.07, 6.45) is 2.43. The Morgan fingerprint density at radius 1 is 1.37 bits per heavy atom. The molecule has 1 N–H and O–H groups in total. The van der Waals surface area contributed by atoms with Crippen molar-refractivity contribution in [1.82, 2.24) is 4.90 Å². The van der Waals surface area contributed by atoms with Crippen LogP contribution in [0.1, 0.15) is 25.3 Å². The minimum atomic E-state index is 0.802. The highest BCUT2D eigenvalue weighted by Crippen LogP contribution is 2.26. The molecule has 1 aromatic carbocycles. The van der Waals surface area contributed by atoms with Crippen LogP contribution in [0.25, 0.3) is 0 Å². The van der Waals surface area contributed by atoms with Crippen molar-refractivity contribution >= 4 is 23.0 Å². The van der Waals surface area contributed by atoms with Gasteiger partial charge < -0.3 is 15.0 Å². The maximum absolute atomic E-state index is 5.50. The van der Waals surface area contributed by atoms with Gasteiger partial charge in [0.1, 0.15) is 5.75 Å². The number of hydrogen-bond donors (Lipinski definition) is 1. The lowest BCUT2D eigenvalue weighted by Gasteiger charge is -2.32. The third-order valence-electron chi connectivity index (χ3n) is 3.67. The van der Waals surface area contributed by atoms with E-state index in [0.29, 0.717) is 0 Å². The number of rotatable bonds is 2. The van der Waals surface area contributed by atoms with Crippen molar-refractivity contribution in [3.8, 4) is 5.75 Å². The Labute approximate surface area is 120 Å². The molecule has 0 bridgehead atoms. The van der Waals surface area contributed by atoms with Crippen molar-refractivity contribution in [2.75, 3.05) is 25.5 Å². The van der Waals surface area contributed by atoms with Crippen LogP contribution in [0.3, 0.4) is 0 Å². The summed E-state index contributed by atoms with van der Waals surface area (Å²) in [5, 5.41) is 4.12. The topological polar surface area (TPSA) is 24.5 Å². The number of ether oxygens (including phenoxy) is 1. The molecule has 1 aromatic rings. The van der Waals surface area contributed by atoms with Crippen molar-refractivity contribution in [2.45, 2.75) is 26.7 Å². The second kappa shape index (κ2) is 6.24. The van der Waals surface area contributed by atoms with Crippen LogP contribution in [0, 0.1) is 12.8 Å². The van der Waals surface area contributed by atoms with Gasteiger partial charge in [0.15, 0.2) is 5.11 Å². The van der Waals surface area contributed by atoms with Gasteiger partial charge in [0.05, 0.1) is 12.8 Å². The second-order valence-corrected chi connectivity index (χ2v) is 5.69. The van der Waals surface area contributed by atoms with Gasteiger partial charge in [-0.15, -0.1) is 0 Å². The van der Waals surface area contributed by atoms with Crippen LogP contribution in [-0.2, 0) is 0 Å². The van der Waals surface area contributed by atoms with Crippen LogP contribution in [0.15, 0.2) is 18.2 Å². The van der Waals surface area contributed by atoms with Gasteiger partial charge in [0.2, 0.25) is 0 Å². The average Bonchev–Trinajstić information content (AvgIpc) is 2.39. The molecule has 19 heavy (non-hydrogen) atoms. The standard InChI is InChI=1S/C15H22N2OS/c1-11-6-8-17(9-7-11)15(19)16-13-10-12(2)4-5-14(13)18-3/h4-5,10-11H,6-9H2,1-3H3,(H,16,19). The number of thiocarbonyl (C=S) groups is 1. The van der Waals surface area contributed by atoms with Gasteiger partial charge in [-0.2, -0.15) is 0 Å². The molecule has 1 heterocycles. The monoisotopic (exact) mass is 278 g/mol. The summed E-state index contributed by atoms with van der Waals surface area (Å²) in [4.78, 5) is 2.25. The number of methoxy groups -OCH3 is 1. The number of piperidine rings is 1. The zero-order valence-corrected chi connectivity index (χ0v) is 12.7. The summed E-state index contributed by atoms with van der Waals surface area (Å²) in [6.45, 7) is 6.45. The van der Waals surface area contributed by atoms with E-state index >= 15 is 0 Å². The van der Waals surface area contributed by atoms with Crippen LogP contribution in [0.2, 0.25) is 0 Å². The number of nitrogens with one attached hydrogen (secondary N) is 1. The van der Waals surface area contributed by atoms with Crippen molar-refractivity contribution < 1.29 is 4.74 Å². The molecule has 0 unspecified atom stereocenters. The molecule has 0 aliphatic carbocycles. The Morgan fingerprint density at radius 3 is 2.68 bits per heavy atom. The Kier molecular flexibility index (Phi) is 4.64. The molecule has 1 aliphatic rings. The first-order valence-electron chi connectivity index (χ1n) is 6.80. The third-order valence-corrected chi connectivity index (χ3v) is 4.03. The maximum atomic E-state index is 5.50. The van der Waals surface area contributed by atoms with Gasteiger partial charge in [-0.3, -0.25) is 0 Å². The fourth-order valence-electron chi connectivity index (χ4n) is 2.33. The van der Waals surface area contributed by atoms with Crippen LogP contribution >= 0.6 is 12.2 Å². The highest BCUT2D eigenvalue weighted by Gasteiger charge is 2.18. The molecule has 0 atom stereocenters. The van der Waals surface area contributed by atoms with E-state index in [-0.39, 0.29) is 0 Å². The molecule has 1 aliphatic heterocycles. The average molecular weight is 278 g/mol. The third kappa shape index (κ3) is 3.60. The normalized spacial score (nSPS) is 16.3. The van der Waals surface area contributed by atoms with Gasteiger partial charge in [0.25, 0.3) is 0 Å². The van der Waals surface area contributed by atoms with Crippen LogP contribution in [0.5, 0.6) is 5.75 Å². The number of benzene rings is 1. The van der Waals surface area contributed by atoms with Crippen molar-refractivity contribution in [3.63, 3.8) is 0 Å². The van der Waals surface area contributed by atoms with Crippen LogP contribution in [0.4, 0.5) is 5.69 Å². The summed E-state index contributed by atoms with van der Waals surface area (Å²) < 4.78 is 5.36. The molecule has 0 saturated carbocycles. The van der Waals surface area contributed by atoms with E-state index in [9.17, 15) is 0 Å². The fourth-order valence-corrected chi connectivity index (χ4v) is 2.62. The van der Waals surface area contributed by atoms with Crippen LogP contribution < -0.4 is 10.1 Å². The van der Waals surface area contributed by atoms with Gasteiger partial charge in [-0.05, 0) is 55.6 Å². The molecule has 0 radical (unpaired) electrons. The summed E-state index contributed by atoms with van der Waals surface area (Å²) >= 11 is 5.50. The van der Waals surface area contributed by atoms with E-state index in [0.717, 1.165) is 35.6 Å². The Bertz CT molecular complexity index is 453. The van der Waals surface area contributed by atoms with Gasteiger partial charge in [-0.1, -0.05) is 13.0 Å². The number of aryl methyl sites for hydroxylation is 1. The number of hydrogen-bond acceptors (Lipinski definition) is 2. The fraction of sp³-hybridized carbons (Fsp3) is 0.533. The first-order chi connectivity index (χ1) is 9.10. The molecule has 104 valence electrons. The van der Waals surface area contributed by atoms with E-state index in [1.54, 1.807) is 7.11 Å². The lowest BCUT2D eigenvalue weighted by molar-refractivity contribution is 0.283. The SMILES string of the molecule is COc1ccc(C)cc1NC(=S)N1CCC(C)CC1. The molecular weight excluding hydrogens is 256 g/mol. The molecule has 3 nitrogen and oxygen atoms in total. The van der Waals surface area contributed by atoms with E-state index < -0.39 is 0 Å². The highest BCUT2D eigenvalue weighted by molar-refractivity contribution is 7.80. The number of nitrogens with zero attached hydrogens (tertiary/aromatic N) is 1. The predicted octanol–water partition coefficient (Wildman–Crippen LogP) is 3.43. The van der Waals surface area contributed by atoms with Crippen molar-refractivity contribution in [1.29, 1.82) is 0 Å². The van der Waals surface area contributed by atoms with E-state index in [1.165, 1.54) is 18.4 Å². The zero-order valence-electron chi connectivity index (χ0n) is 11.9. The van der Waals surface area contributed by atoms with Gasteiger partial charge in [-0.25, -0.2) is 0 Å². The minimum Gasteiger partial charge on any atom is -0.495 e. The smallest absolute Gasteiger partial charge is 0.173 e. The largest absolute Gasteiger partial charge is 0.495 e. The van der Waals surface area contributed by atoms with Crippen molar-refractivity contribution in [3.05, 3.63) is 23.8 Å². The molecule has 0 spiro atoms. The maximum Gasteiger partial charge on any atom is 0.173 e. The number of anilines is 1.